The first-order chi connectivity index (χ1) is 10.6. The second-order valence-electron chi connectivity index (χ2n) is 5.14. The Kier molecular flexibility index (Phi) is 4.44. The minimum atomic E-state index is -0.934. The summed E-state index contributed by atoms with van der Waals surface area (Å²) in [6.45, 7) is 1.12. The van der Waals surface area contributed by atoms with Crippen molar-refractivity contribution in [2.75, 3.05) is 12.4 Å². The first-order valence-electron chi connectivity index (χ1n) is 7.11. The van der Waals surface area contributed by atoms with Crippen molar-refractivity contribution in [1.82, 2.24) is 9.55 Å². The van der Waals surface area contributed by atoms with Gasteiger partial charge in [-0.3, -0.25) is 14.2 Å². The van der Waals surface area contributed by atoms with Crippen LogP contribution in [0, 0.1) is 0 Å². The number of fused-ring (bicyclic) bond motifs is 1. The van der Waals surface area contributed by atoms with Crippen molar-refractivity contribution in [2.45, 2.75) is 30.6 Å². The van der Waals surface area contributed by atoms with Gasteiger partial charge in [0, 0.05) is 6.61 Å². The van der Waals surface area contributed by atoms with E-state index in [0.717, 1.165) is 24.6 Å². The van der Waals surface area contributed by atoms with Crippen molar-refractivity contribution in [2.24, 2.45) is 0 Å². The van der Waals surface area contributed by atoms with Gasteiger partial charge in [-0.15, -0.1) is 0 Å². The van der Waals surface area contributed by atoms with Gasteiger partial charge in [-0.25, -0.2) is 4.98 Å². The van der Waals surface area contributed by atoms with E-state index in [4.69, 9.17) is 9.84 Å². The molecule has 0 spiro atoms. The maximum atomic E-state index is 12.7. The number of carbonyl (C=O) groups is 1. The van der Waals surface area contributed by atoms with E-state index in [0.29, 0.717) is 29.2 Å². The van der Waals surface area contributed by atoms with Crippen molar-refractivity contribution in [3.63, 3.8) is 0 Å². The highest BCUT2D eigenvalue weighted by Crippen LogP contribution is 2.20. The van der Waals surface area contributed by atoms with Gasteiger partial charge in [-0.1, -0.05) is 23.9 Å². The molecule has 2 aromatic rings. The molecule has 1 fully saturated rings. The number of ether oxygens (including phenoxy) is 1. The summed E-state index contributed by atoms with van der Waals surface area (Å²) < 4.78 is 7.14. The Balaban J connectivity index is 2.03. The molecule has 3 rings (SSSR count). The molecule has 0 aliphatic carbocycles. The molecule has 1 aromatic heterocycles. The number of nitrogens with zero attached hydrogens (tertiary/aromatic N) is 2. The van der Waals surface area contributed by atoms with Crippen LogP contribution < -0.4 is 5.56 Å². The summed E-state index contributed by atoms with van der Waals surface area (Å²) in [5.74, 6) is -1.06. The summed E-state index contributed by atoms with van der Waals surface area (Å²) in [4.78, 5) is 28.0. The molecule has 6 nitrogen and oxygen atoms in total. The molecule has 0 saturated carbocycles. The topological polar surface area (TPSA) is 81.4 Å². The Morgan fingerprint density at radius 3 is 3.00 bits per heavy atom. The third-order valence-electron chi connectivity index (χ3n) is 3.56. The van der Waals surface area contributed by atoms with Crippen LogP contribution in [0.3, 0.4) is 0 Å². The van der Waals surface area contributed by atoms with Crippen LogP contribution in [-0.2, 0) is 16.1 Å². The Bertz CT molecular complexity index is 753. The Labute approximate surface area is 131 Å². The fourth-order valence-electron chi connectivity index (χ4n) is 2.54. The Hall–Kier alpha value is -1.86. The van der Waals surface area contributed by atoms with Crippen LogP contribution >= 0.6 is 11.8 Å². The van der Waals surface area contributed by atoms with Crippen molar-refractivity contribution in [3.8, 4) is 0 Å². The van der Waals surface area contributed by atoms with Crippen LogP contribution in [0.5, 0.6) is 0 Å². The molecule has 0 bridgehead atoms. The highest BCUT2D eigenvalue weighted by atomic mass is 32.2. The van der Waals surface area contributed by atoms with Gasteiger partial charge in [-0.2, -0.15) is 0 Å². The van der Waals surface area contributed by atoms with Crippen LogP contribution in [-0.4, -0.2) is 39.1 Å². The Morgan fingerprint density at radius 2 is 2.27 bits per heavy atom. The molecule has 7 heteroatoms. The summed E-state index contributed by atoms with van der Waals surface area (Å²) in [6, 6.07) is 7.11. The number of benzene rings is 1. The lowest BCUT2D eigenvalue weighted by Gasteiger charge is -2.16. The molecular formula is C15H16N2O4S. The average molecular weight is 320 g/mol. The van der Waals surface area contributed by atoms with E-state index < -0.39 is 5.97 Å². The smallest absolute Gasteiger partial charge is 0.313 e. The van der Waals surface area contributed by atoms with E-state index in [1.807, 2.05) is 6.07 Å². The molecule has 0 radical (unpaired) electrons. The van der Waals surface area contributed by atoms with Crippen LogP contribution in [0.1, 0.15) is 12.8 Å². The molecule has 1 saturated heterocycles. The van der Waals surface area contributed by atoms with Crippen LogP contribution in [0.2, 0.25) is 0 Å². The van der Waals surface area contributed by atoms with Gasteiger partial charge in [0.05, 0.1) is 29.3 Å². The van der Waals surface area contributed by atoms with Gasteiger partial charge in [0.15, 0.2) is 5.16 Å². The standard InChI is InChI=1S/C15H16N2O4S/c18-13(19)9-22-15-16-12-6-2-1-5-11(12)14(20)17(15)8-10-4-3-7-21-10/h1-2,5-6,10H,3-4,7-9H2,(H,18,19). The summed E-state index contributed by atoms with van der Waals surface area (Å²) in [5.41, 5.74) is 0.443. The molecule has 116 valence electrons. The zero-order valence-electron chi connectivity index (χ0n) is 11.9. The number of thioether (sulfide) groups is 1. The molecule has 1 aliphatic heterocycles. The van der Waals surface area contributed by atoms with Gasteiger partial charge < -0.3 is 9.84 Å². The molecule has 1 unspecified atom stereocenters. The van der Waals surface area contributed by atoms with Crippen LogP contribution in [0.4, 0.5) is 0 Å². The van der Waals surface area contributed by atoms with Crippen LogP contribution in [0.15, 0.2) is 34.2 Å². The molecule has 2 heterocycles. The number of aromatic nitrogens is 2. The first kappa shape index (κ1) is 15.1. The number of aliphatic carboxylic acids is 1. The number of hydrogen-bond acceptors (Lipinski definition) is 5. The highest BCUT2D eigenvalue weighted by Gasteiger charge is 2.20. The maximum Gasteiger partial charge on any atom is 0.313 e. The third kappa shape index (κ3) is 3.15. The minimum Gasteiger partial charge on any atom is -0.481 e. The summed E-state index contributed by atoms with van der Waals surface area (Å²) in [5, 5.41) is 9.85. The van der Waals surface area contributed by atoms with Gasteiger partial charge in [0.25, 0.3) is 5.56 Å². The lowest BCUT2D eigenvalue weighted by molar-refractivity contribution is -0.133. The van der Waals surface area contributed by atoms with Crippen molar-refractivity contribution in [1.29, 1.82) is 0 Å². The fraction of sp³-hybridized carbons (Fsp3) is 0.400. The van der Waals surface area contributed by atoms with Gasteiger partial charge in [0.2, 0.25) is 0 Å². The van der Waals surface area contributed by atoms with E-state index in [2.05, 4.69) is 4.98 Å². The van der Waals surface area contributed by atoms with E-state index in [9.17, 15) is 9.59 Å². The quantitative estimate of drug-likeness (QED) is 0.668. The lowest BCUT2D eigenvalue weighted by atomic mass is 10.2. The predicted octanol–water partition coefficient (Wildman–Crippen LogP) is 1.75. The normalized spacial score (nSPS) is 17.9. The highest BCUT2D eigenvalue weighted by molar-refractivity contribution is 7.99. The largest absolute Gasteiger partial charge is 0.481 e. The number of carboxylic acids is 1. The maximum absolute atomic E-state index is 12.7. The summed E-state index contributed by atoms with van der Waals surface area (Å²) in [7, 11) is 0. The minimum absolute atomic E-state index is 0.00941. The van der Waals surface area contributed by atoms with Gasteiger partial charge >= 0.3 is 5.97 Å². The molecule has 0 amide bonds. The number of rotatable bonds is 5. The zero-order valence-corrected chi connectivity index (χ0v) is 12.7. The van der Waals surface area contributed by atoms with Crippen molar-refractivity contribution < 1.29 is 14.6 Å². The van der Waals surface area contributed by atoms with Gasteiger partial charge in [-0.05, 0) is 25.0 Å². The molecule has 1 aromatic carbocycles. The number of hydrogen-bond donors (Lipinski definition) is 1. The predicted molar refractivity (Wildman–Crippen MR) is 83.3 cm³/mol. The molecule has 22 heavy (non-hydrogen) atoms. The fourth-order valence-corrected chi connectivity index (χ4v) is 3.27. The monoisotopic (exact) mass is 320 g/mol. The zero-order chi connectivity index (χ0) is 15.5. The molecule has 1 atom stereocenters. The van der Waals surface area contributed by atoms with Gasteiger partial charge in [0.1, 0.15) is 0 Å². The SMILES string of the molecule is O=C(O)CSc1nc2ccccc2c(=O)n1CC1CCCO1. The molecular weight excluding hydrogens is 304 g/mol. The number of carboxylic acid groups (broad SMARTS) is 1. The average Bonchev–Trinajstić information content (AvgIpc) is 3.01. The van der Waals surface area contributed by atoms with E-state index in [1.165, 1.54) is 0 Å². The van der Waals surface area contributed by atoms with E-state index in [-0.39, 0.29) is 17.4 Å². The Morgan fingerprint density at radius 1 is 1.45 bits per heavy atom. The van der Waals surface area contributed by atoms with E-state index in [1.54, 1.807) is 22.8 Å². The number of para-hydroxylation sites is 1. The second-order valence-corrected chi connectivity index (χ2v) is 6.09. The molecule has 1 N–H and O–H groups in total. The van der Waals surface area contributed by atoms with E-state index >= 15 is 0 Å². The summed E-state index contributed by atoms with van der Waals surface area (Å²) >= 11 is 1.06. The second kappa shape index (κ2) is 6.50. The lowest BCUT2D eigenvalue weighted by Crippen LogP contribution is -2.29. The van der Waals surface area contributed by atoms with Crippen LogP contribution in [0.25, 0.3) is 10.9 Å². The van der Waals surface area contributed by atoms with Crippen molar-refractivity contribution in [3.05, 3.63) is 34.6 Å². The molecule has 1 aliphatic rings. The first-order valence-corrected chi connectivity index (χ1v) is 8.09. The van der Waals surface area contributed by atoms with Crippen molar-refractivity contribution >= 4 is 28.6 Å². The third-order valence-corrected chi connectivity index (χ3v) is 4.52. The summed E-state index contributed by atoms with van der Waals surface area (Å²) in [6.07, 6.45) is 1.88.